The average Bonchev–Trinajstić information content (AvgIpc) is 3.23. The molecule has 2 unspecified atom stereocenters. The number of fused-ring (bicyclic) bond motifs is 3. The van der Waals surface area contributed by atoms with E-state index < -0.39 is 12.1 Å². The van der Waals surface area contributed by atoms with Crippen molar-refractivity contribution in [3.8, 4) is 11.3 Å². The number of alkyl halides is 3. The van der Waals surface area contributed by atoms with Gasteiger partial charge in [0.2, 0.25) is 0 Å². The second-order valence-electron chi connectivity index (χ2n) is 10.1. The first-order valence-corrected chi connectivity index (χ1v) is 13.7. The number of nitrogens with one attached hydrogen (secondary N) is 1. The van der Waals surface area contributed by atoms with Gasteiger partial charge in [-0.3, -0.25) is 4.90 Å². The van der Waals surface area contributed by atoms with Crippen LogP contribution < -0.4 is 5.32 Å². The topological polar surface area (TPSA) is 83.3 Å². The summed E-state index contributed by atoms with van der Waals surface area (Å²) in [6, 6.07) is 15.8. The van der Waals surface area contributed by atoms with Gasteiger partial charge in [0.05, 0.1) is 17.4 Å². The molecule has 5 rings (SSSR count). The summed E-state index contributed by atoms with van der Waals surface area (Å²) in [6.45, 7) is 9.64. The van der Waals surface area contributed by atoms with Gasteiger partial charge >= 0.3 is 12.1 Å². The van der Waals surface area contributed by atoms with Crippen molar-refractivity contribution in [2.24, 2.45) is 0 Å². The standard InChI is InChI=1S/C27H32ClN5.C2HF3O2/c1-4-18(2)32-14-11-20(12-15-32)21-5-10-24-25(17-21)26(29-23-8-6-22(28)7-9-23)13-16-33-27(24)19(3)30-31-33;3-2(4,5)1(6)7/h5-11,17-18,26,29H,4,12-16H2,1-3H3;(H,6,7). The van der Waals surface area contributed by atoms with Crippen molar-refractivity contribution in [1.82, 2.24) is 19.9 Å². The van der Waals surface area contributed by atoms with Crippen molar-refractivity contribution in [2.75, 3.05) is 18.4 Å². The lowest BCUT2D eigenvalue weighted by molar-refractivity contribution is -0.192. The summed E-state index contributed by atoms with van der Waals surface area (Å²) < 4.78 is 33.8. The van der Waals surface area contributed by atoms with Crippen LogP contribution >= 0.6 is 11.6 Å². The Morgan fingerprint density at radius 2 is 1.90 bits per heavy atom. The number of carboxylic acids is 1. The molecule has 0 saturated heterocycles. The van der Waals surface area contributed by atoms with E-state index >= 15 is 0 Å². The maximum Gasteiger partial charge on any atom is 0.490 e. The zero-order valence-electron chi connectivity index (χ0n) is 22.7. The number of carbonyl (C=O) groups is 1. The lowest BCUT2D eigenvalue weighted by Crippen LogP contribution is -2.35. The number of aromatic nitrogens is 3. The van der Waals surface area contributed by atoms with Crippen molar-refractivity contribution in [1.29, 1.82) is 0 Å². The van der Waals surface area contributed by atoms with Crippen LogP contribution in [-0.2, 0) is 11.3 Å². The summed E-state index contributed by atoms with van der Waals surface area (Å²) in [7, 11) is 0. The summed E-state index contributed by atoms with van der Waals surface area (Å²) in [5.41, 5.74) is 8.53. The van der Waals surface area contributed by atoms with E-state index in [1.54, 1.807) is 0 Å². The van der Waals surface area contributed by atoms with Crippen LogP contribution in [0.5, 0.6) is 0 Å². The largest absolute Gasteiger partial charge is 0.490 e. The molecule has 0 fully saturated rings. The molecular weight excluding hydrogens is 543 g/mol. The van der Waals surface area contributed by atoms with Gasteiger partial charge in [0, 0.05) is 41.9 Å². The van der Waals surface area contributed by atoms with Crippen LogP contribution in [0.2, 0.25) is 5.02 Å². The first-order valence-electron chi connectivity index (χ1n) is 13.3. The summed E-state index contributed by atoms with van der Waals surface area (Å²) in [5, 5.41) is 20.4. The summed E-state index contributed by atoms with van der Waals surface area (Å²) in [6.07, 6.45) is 0.570. The van der Waals surface area contributed by atoms with Crippen LogP contribution in [0.3, 0.4) is 0 Å². The fourth-order valence-corrected chi connectivity index (χ4v) is 5.19. The number of benzene rings is 2. The molecule has 2 aliphatic heterocycles. The van der Waals surface area contributed by atoms with Crippen LogP contribution in [0.4, 0.5) is 18.9 Å². The zero-order valence-corrected chi connectivity index (χ0v) is 23.4. The van der Waals surface area contributed by atoms with Gasteiger partial charge < -0.3 is 10.4 Å². The number of nitrogens with zero attached hydrogens (tertiary/aromatic N) is 4. The molecule has 0 saturated carbocycles. The van der Waals surface area contributed by atoms with Gasteiger partial charge in [0.15, 0.2) is 0 Å². The van der Waals surface area contributed by atoms with Gasteiger partial charge in [-0.05, 0) is 80.1 Å². The fourth-order valence-electron chi connectivity index (χ4n) is 5.07. The van der Waals surface area contributed by atoms with Gasteiger partial charge in [-0.15, -0.1) is 5.10 Å². The molecule has 2 N–H and O–H groups in total. The third-order valence-corrected chi connectivity index (χ3v) is 7.72. The number of halogens is 4. The van der Waals surface area contributed by atoms with Gasteiger partial charge in [0.25, 0.3) is 0 Å². The molecule has 3 aromatic rings. The van der Waals surface area contributed by atoms with E-state index in [9.17, 15) is 13.2 Å². The van der Waals surface area contributed by atoms with Crippen molar-refractivity contribution >= 4 is 28.8 Å². The number of carboxylic acid groups (broad SMARTS) is 1. The highest BCUT2D eigenvalue weighted by molar-refractivity contribution is 6.30. The smallest absolute Gasteiger partial charge is 0.475 e. The zero-order chi connectivity index (χ0) is 29.0. The molecule has 2 atom stereocenters. The minimum atomic E-state index is -5.08. The van der Waals surface area contributed by atoms with E-state index in [1.165, 1.54) is 28.7 Å². The second-order valence-corrected chi connectivity index (χ2v) is 10.5. The van der Waals surface area contributed by atoms with Crippen molar-refractivity contribution in [3.63, 3.8) is 0 Å². The average molecular weight is 576 g/mol. The maximum absolute atomic E-state index is 10.6. The first kappa shape index (κ1) is 29.6. The Kier molecular flexibility index (Phi) is 9.20. The number of anilines is 1. The predicted molar refractivity (Wildman–Crippen MR) is 150 cm³/mol. The summed E-state index contributed by atoms with van der Waals surface area (Å²) in [5.74, 6) is -2.76. The molecule has 0 radical (unpaired) electrons. The molecule has 1 aromatic heterocycles. The maximum atomic E-state index is 10.6. The van der Waals surface area contributed by atoms with E-state index in [2.05, 4.69) is 82.4 Å². The number of hydrogen-bond acceptors (Lipinski definition) is 5. The fraction of sp³-hybridized carbons (Fsp3) is 0.414. The molecule has 0 aliphatic carbocycles. The van der Waals surface area contributed by atoms with Crippen molar-refractivity contribution < 1.29 is 23.1 Å². The Hall–Kier alpha value is -3.37. The Labute approximate surface area is 236 Å². The molecule has 2 aromatic carbocycles. The summed E-state index contributed by atoms with van der Waals surface area (Å²) in [4.78, 5) is 11.5. The molecule has 214 valence electrons. The molecule has 3 heterocycles. The van der Waals surface area contributed by atoms with Crippen molar-refractivity contribution in [2.45, 2.75) is 64.8 Å². The van der Waals surface area contributed by atoms with Crippen LogP contribution in [0.15, 0.2) is 48.5 Å². The van der Waals surface area contributed by atoms with Gasteiger partial charge in [0.1, 0.15) is 0 Å². The minimum Gasteiger partial charge on any atom is -0.475 e. The van der Waals surface area contributed by atoms with Gasteiger partial charge in [-0.25, -0.2) is 9.48 Å². The molecular formula is C29H33ClF3N5O2. The molecule has 2 aliphatic rings. The molecule has 0 bridgehead atoms. The molecule has 0 amide bonds. The number of hydrogen-bond donors (Lipinski definition) is 2. The minimum absolute atomic E-state index is 0.183. The first-order chi connectivity index (χ1) is 19.0. The number of aryl methyl sites for hydroxylation is 2. The Bertz CT molecular complexity index is 1370. The van der Waals surface area contributed by atoms with Crippen LogP contribution in [0, 0.1) is 6.92 Å². The molecule has 7 nitrogen and oxygen atoms in total. The lowest BCUT2D eigenvalue weighted by atomic mass is 9.90. The van der Waals surface area contributed by atoms with Gasteiger partial charge in [-0.2, -0.15) is 13.2 Å². The molecule has 40 heavy (non-hydrogen) atoms. The highest BCUT2D eigenvalue weighted by Gasteiger charge is 2.38. The van der Waals surface area contributed by atoms with Gasteiger partial charge in [-0.1, -0.05) is 41.9 Å². The second kappa shape index (κ2) is 12.4. The highest BCUT2D eigenvalue weighted by Crippen LogP contribution is 2.39. The monoisotopic (exact) mass is 575 g/mol. The Morgan fingerprint density at radius 1 is 1.20 bits per heavy atom. The van der Waals surface area contributed by atoms with E-state index in [4.69, 9.17) is 21.5 Å². The van der Waals surface area contributed by atoms with Crippen LogP contribution in [0.25, 0.3) is 16.8 Å². The predicted octanol–water partition coefficient (Wildman–Crippen LogP) is 6.98. The van der Waals surface area contributed by atoms with Crippen LogP contribution in [0.1, 0.15) is 56.0 Å². The number of aliphatic carboxylic acids is 1. The normalized spacial score (nSPS) is 17.9. The Morgan fingerprint density at radius 3 is 2.50 bits per heavy atom. The van der Waals surface area contributed by atoms with Crippen molar-refractivity contribution in [3.05, 3.63) is 70.4 Å². The van der Waals surface area contributed by atoms with E-state index in [0.717, 1.165) is 54.6 Å². The highest BCUT2D eigenvalue weighted by atomic mass is 35.5. The van der Waals surface area contributed by atoms with E-state index in [1.807, 2.05) is 12.1 Å². The van der Waals surface area contributed by atoms with E-state index in [0.29, 0.717) is 6.04 Å². The third kappa shape index (κ3) is 6.85. The lowest BCUT2D eigenvalue weighted by Gasteiger charge is -2.31. The van der Waals surface area contributed by atoms with Crippen LogP contribution in [-0.4, -0.2) is 56.3 Å². The quantitative estimate of drug-likeness (QED) is 0.341. The SMILES string of the molecule is CCC(C)N1CC=C(c2ccc3c(c2)C(Nc2ccc(Cl)cc2)CCn2nnc(C)c2-3)CC1.O=C(O)C(F)(F)F. The third-order valence-electron chi connectivity index (χ3n) is 7.47. The number of rotatable bonds is 5. The summed E-state index contributed by atoms with van der Waals surface area (Å²) >= 11 is 6.12. The molecule has 0 spiro atoms. The Balaban J connectivity index is 0.000000470. The van der Waals surface area contributed by atoms with E-state index in [-0.39, 0.29) is 6.04 Å². The molecule has 11 heteroatoms.